The third kappa shape index (κ3) is 3.19. The van der Waals surface area contributed by atoms with E-state index in [1.807, 2.05) is 0 Å². The molecule has 2 saturated heterocycles. The van der Waals surface area contributed by atoms with E-state index in [0.29, 0.717) is 6.04 Å². The lowest BCUT2D eigenvalue weighted by Gasteiger charge is -2.41. The first-order valence-electron chi connectivity index (χ1n) is 6.90. The number of nitrogens with zero attached hydrogens (tertiary/aromatic N) is 2. The third-order valence-corrected chi connectivity index (χ3v) is 4.32. The monoisotopic (exact) mass is 240 g/mol. The fourth-order valence-electron chi connectivity index (χ4n) is 3.14. The van der Waals surface area contributed by atoms with Crippen LogP contribution in [0.5, 0.6) is 0 Å². The first-order chi connectivity index (χ1) is 8.20. The number of rotatable bonds is 3. The van der Waals surface area contributed by atoms with Crippen molar-refractivity contribution < 1.29 is 9.90 Å². The highest BCUT2D eigenvalue weighted by molar-refractivity contribution is 5.70. The van der Waals surface area contributed by atoms with Crippen LogP contribution in [0.15, 0.2) is 0 Å². The van der Waals surface area contributed by atoms with Gasteiger partial charge < -0.3 is 10.0 Å². The minimum atomic E-state index is -0.610. The molecule has 0 aromatic rings. The zero-order valence-corrected chi connectivity index (χ0v) is 10.8. The molecule has 0 aromatic carbocycles. The zero-order chi connectivity index (χ0) is 12.3. The van der Waals surface area contributed by atoms with Crippen LogP contribution in [0, 0.1) is 5.92 Å². The molecular formula is C13H24N2O2. The molecule has 2 aliphatic rings. The van der Waals surface area contributed by atoms with Crippen LogP contribution >= 0.6 is 0 Å². The van der Waals surface area contributed by atoms with Gasteiger partial charge in [0.2, 0.25) is 0 Å². The van der Waals surface area contributed by atoms with Crippen molar-refractivity contribution in [2.24, 2.45) is 5.92 Å². The Morgan fingerprint density at radius 2 is 1.94 bits per heavy atom. The maximum atomic E-state index is 11.0. The molecule has 2 fully saturated rings. The summed E-state index contributed by atoms with van der Waals surface area (Å²) in [6, 6.07) is 0.625. The molecule has 17 heavy (non-hydrogen) atoms. The minimum absolute atomic E-state index is 0.132. The second-order valence-corrected chi connectivity index (χ2v) is 5.34. The van der Waals surface area contributed by atoms with Crippen LogP contribution in [-0.4, -0.2) is 59.6 Å². The van der Waals surface area contributed by atoms with Gasteiger partial charge in [0.1, 0.15) is 0 Å². The van der Waals surface area contributed by atoms with Crippen LogP contribution in [0.4, 0.5) is 0 Å². The number of hydrogen-bond acceptors (Lipinski definition) is 3. The van der Waals surface area contributed by atoms with Crippen molar-refractivity contribution in [3.63, 3.8) is 0 Å². The van der Waals surface area contributed by atoms with Crippen molar-refractivity contribution in [3.05, 3.63) is 0 Å². The van der Waals surface area contributed by atoms with Crippen LogP contribution in [0.3, 0.4) is 0 Å². The Morgan fingerprint density at radius 1 is 1.24 bits per heavy atom. The van der Waals surface area contributed by atoms with Gasteiger partial charge in [0.25, 0.3) is 0 Å². The van der Waals surface area contributed by atoms with Crippen molar-refractivity contribution in [2.45, 2.75) is 38.6 Å². The molecule has 4 nitrogen and oxygen atoms in total. The van der Waals surface area contributed by atoms with E-state index < -0.39 is 5.97 Å². The zero-order valence-electron chi connectivity index (χ0n) is 10.8. The molecule has 0 radical (unpaired) electrons. The van der Waals surface area contributed by atoms with Gasteiger partial charge in [-0.15, -0.1) is 0 Å². The molecule has 0 bridgehead atoms. The van der Waals surface area contributed by atoms with E-state index in [0.717, 1.165) is 32.5 Å². The lowest BCUT2D eigenvalue weighted by atomic mass is 9.94. The van der Waals surface area contributed by atoms with Gasteiger partial charge in [-0.2, -0.15) is 0 Å². The number of piperidine rings is 2. The van der Waals surface area contributed by atoms with Crippen molar-refractivity contribution in [2.75, 3.05) is 32.7 Å². The number of carbonyl (C=O) groups is 1. The molecule has 2 heterocycles. The fraction of sp³-hybridized carbons (Fsp3) is 0.923. The first-order valence-corrected chi connectivity index (χ1v) is 6.90. The maximum absolute atomic E-state index is 11.0. The summed E-state index contributed by atoms with van der Waals surface area (Å²) < 4.78 is 0. The second kappa shape index (κ2) is 5.83. The van der Waals surface area contributed by atoms with E-state index in [4.69, 9.17) is 5.11 Å². The molecule has 0 saturated carbocycles. The molecule has 0 aromatic heterocycles. The van der Waals surface area contributed by atoms with Crippen LogP contribution in [-0.2, 0) is 4.79 Å². The maximum Gasteiger partial charge on any atom is 0.307 e. The van der Waals surface area contributed by atoms with E-state index in [2.05, 4.69) is 16.7 Å². The van der Waals surface area contributed by atoms with E-state index in [9.17, 15) is 4.79 Å². The Labute approximate surface area is 104 Å². The molecule has 0 amide bonds. The lowest BCUT2D eigenvalue weighted by molar-refractivity contribution is -0.144. The van der Waals surface area contributed by atoms with E-state index in [1.165, 1.54) is 25.9 Å². The lowest BCUT2D eigenvalue weighted by Crippen LogP contribution is -2.49. The van der Waals surface area contributed by atoms with Gasteiger partial charge in [0.15, 0.2) is 0 Å². The third-order valence-electron chi connectivity index (χ3n) is 4.32. The summed E-state index contributed by atoms with van der Waals surface area (Å²) in [6.07, 6.45) is 4.32. The average molecular weight is 240 g/mol. The standard InChI is InChI=1S/C13H24N2O2/c1-2-14-8-5-12(6-9-14)15-7-3-4-11(10-15)13(16)17/h11-12H,2-10H2,1H3,(H,16,17)/t11-/m1/s1. The predicted octanol–water partition coefficient (Wildman–Crippen LogP) is 1.27. The molecule has 1 N–H and O–H groups in total. The van der Waals surface area contributed by atoms with Crippen LogP contribution in [0.1, 0.15) is 32.6 Å². The molecule has 0 unspecified atom stereocenters. The summed E-state index contributed by atoms with van der Waals surface area (Å²) in [5.74, 6) is -0.742. The van der Waals surface area contributed by atoms with E-state index >= 15 is 0 Å². The van der Waals surface area contributed by atoms with Crippen molar-refractivity contribution >= 4 is 5.97 Å². The summed E-state index contributed by atoms with van der Waals surface area (Å²) in [6.45, 7) is 7.57. The van der Waals surface area contributed by atoms with Gasteiger partial charge in [-0.3, -0.25) is 9.69 Å². The number of aliphatic carboxylic acids is 1. The Hall–Kier alpha value is -0.610. The quantitative estimate of drug-likeness (QED) is 0.807. The number of hydrogen-bond donors (Lipinski definition) is 1. The fourth-order valence-corrected chi connectivity index (χ4v) is 3.14. The van der Waals surface area contributed by atoms with Crippen LogP contribution in [0.25, 0.3) is 0 Å². The predicted molar refractivity (Wildman–Crippen MR) is 67.1 cm³/mol. The van der Waals surface area contributed by atoms with E-state index in [1.54, 1.807) is 0 Å². The van der Waals surface area contributed by atoms with E-state index in [-0.39, 0.29) is 5.92 Å². The largest absolute Gasteiger partial charge is 0.481 e. The number of carboxylic acid groups (broad SMARTS) is 1. The molecule has 0 aliphatic carbocycles. The SMILES string of the molecule is CCN1CCC(N2CCC[C@@H](C(=O)O)C2)CC1. The summed E-state index contributed by atoms with van der Waals surface area (Å²) in [7, 11) is 0. The summed E-state index contributed by atoms with van der Waals surface area (Å²) in [5.41, 5.74) is 0. The smallest absolute Gasteiger partial charge is 0.307 e. The highest BCUT2D eigenvalue weighted by Crippen LogP contribution is 2.23. The van der Waals surface area contributed by atoms with Gasteiger partial charge in [-0.1, -0.05) is 6.92 Å². The molecule has 2 rings (SSSR count). The van der Waals surface area contributed by atoms with Crippen molar-refractivity contribution in [3.8, 4) is 0 Å². The highest BCUT2D eigenvalue weighted by atomic mass is 16.4. The molecular weight excluding hydrogens is 216 g/mol. The van der Waals surface area contributed by atoms with Gasteiger partial charge in [-0.05, 0) is 51.9 Å². The summed E-state index contributed by atoms with van der Waals surface area (Å²) >= 11 is 0. The Kier molecular flexibility index (Phi) is 4.40. The van der Waals surface area contributed by atoms with Gasteiger partial charge in [-0.25, -0.2) is 0 Å². The highest BCUT2D eigenvalue weighted by Gasteiger charge is 2.31. The Morgan fingerprint density at radius 3 is 2.53 bits per heavy atom. The molecule has 0 spiro atoms. The van der Waals surface area contributed by atoms with Crippen LogP contribution in [0.2, 0.25) is 0 Å². The molecule has 2 aliphatic heterocycles. The minimum Gasteiger partial charge on any atom is -0.481 e. The summed E-state index contributed by atoms with van der Waals surface area (Å²) in [5, 5.41) is 9.10. The molecule has 1 atom stereocenters. The van der Waals surface area contributed by atoms with Gasteiger partial charge >= 0.3 is 5.97 Å². The average Bonchev–Trinajstić information content (AvgIpc) is 2.39. The summed E-state index contributed by atoms with van der Waals surface area (Å²) in [4.78, 5) is 16.0. The van der Waals surface area contributed by atoms with Gasteiger partial charge in [0.05, 0.1) is 5.92 Å². The number of likely N-dealkylation sites (tertiary alicyclic amines) is 2. The first kappa shape index (κ1) is 12.8. The Balaban J connectivity index is 1.84. The van der Waals surface area contributed by atoms with Crippen LogP contribution < -0.4 is 0 Å². The Bertz CT molecular complexity index is 262. The number of carboxylic acids is 1. The van der Waals surface area contributed by atoms with Crippen molar-refractivity contribution in [1.82, 2.24) is 9.80 Å². The van der Waals surface area contributed by atoms with Crippen molar-refractivity contribution in [1.29, 1.82) is 0 Å². The topological polar surface area (TPSA) is 43.8 Å². The molecule has 4 heteroatoms. The molecule has 98 valence electrons. The second-order valence-electron chi connectivity index (χ2n) is 5.34. The van der Waals surface area contributed by atoms with Gasteiger partial charge in [0, 0.05) is 12.6 Å². The normalized spacial score (nSPS) is 29.4.